The molecule has 0 spiro atoms. The Hall–Kier alpha value is -6.29. The molecule has 0 saturated carbocycles. The van der Waals surface area contributed by atoms with E-state index in [0.29, 0.717) is 0 Å². The third-order valence-corrected chi connectivity index (χ3v) is 13.7. The van der Waals surface area contributed by atoms with Gasteiger partial charge in [0.05, 0.1) is 22.4 Å². The van der Waals surface area contributed by atoms with Crippen LogP contribution in [0.4, 0.5) is 17.1 Å². The molecule has 1 aromatic heterocycles. The maximum atomic E-state index is 6.56. The van der Waals surface area contributed by atoms with E-state index in [1.165, 1.54) is 54.3 Å². The van der Waals surface area contributed by atoms with E-state index in [2.05, 4.69) is 205 Å². The van der Waals surface area contributed by atoms with Crippen LogP contribution in [0.25, 0.3) is 66.4 Å². The van der Waals surface area contributed by atoms with Gasteiger partial charge in [0.25, 0.3) is 0 Å². The summed E-state index contributed by atoms with van der Waals surface area (Å²) >= 11 is 0. The van der Waals surface area contributed by atoms with E-state index >= 15 is 0 Å². The van der Waals surface area contributed by atoms with Gasteiger partial charge in [-0.25, -0.2) is 0 Å². The topological polar surface area (TPSA) is 16.4 Å². The molecule has 0 aliphatic carbocycles. The maximum Gasteiger partial charge on any atom is 0.137 e. The van der Waals surface area contributed by atoms with Crippen LogP contribution in [0.15, 0.2) is 202 Å². The number of anilines is 3. The van der Waals surface area contributed by atoms with Gasteiger partial charge in [-0.3, -0.25) is 0 Å². The second kappa shape index (κ2) is 12.4. The smallest absolute Gasteiger partial charge is 0.137 e. The molecule has 3 heteroatoms. The Bertz CT molecular complexity index is 2820. The molecule has 0 amide bonds. The Labute approximate surface area is 311 Å². The molecule has 0 saturated heterocycles. The molecule has 0 bridgehead atoms. The molecule has 9 aromatic rings. The Morgan fingerprint density at radius 1 is 0.377 bits per heavy atom. The fourth-order valence-corrected chi connectivity index (χ4v) is 10.9. The van der Waals surface area contributed by atoms with Crippen molar-refractivity contribution in [1.29, 1.82) is 0 Å². The number of hydrogen-bond acceptors (Lipinski definition) is 2. The van der Waals surface area contributed by atoms with Crippen LogP contribution < -0.4 is 4.90 Å². The van der Waals surface area contributed by atoms with Gasteiger partial charge in [-0.15, -0.1) is 0 Å². The highest BCUT2D eigenvalue weighted by molar-refractivity contribution is 8.33. The predicted molar refractivity (Wildman–Crippen MR) is 226 cm³/mol. The van der Waals surface area contributed by atoms with E-state index in [-0.39, 0.29) is 0 Å². The molecule has 10 rings (SSSR count). The summed E-state index contributed by atoms with van der Waals surface area (Å²) < 4.78 is 6.56. The summed E-state index contributed by atoms with van der Waals surface area (Å²) in [6.45, 7) is 0. The number of fused-ring (bicyclic) bond motifs is 6. The van der Waals surface area contributed by atoms with Gasteiger partial charge in [0.15, 0.2) is 0 Å². The van der Waals surface area contributed by atoms with E-state index < -0.39 is 10.0 Å². The molecule has 53 heavy (non-hydrogen) atoms. The van der Waals surface area contributed by atoms with Gasteiger partial charge < -0.3 is 9.32 Å². The van der Waals surface area contributed by atoms with Crippen molar-refractivity contribution in [2.45, 2.75) is 9.79 Å². The highest BCUT2D eigenvalue weighted by Gasteiger charge is 2.36. The first-order valence-electron chi connectivity index (χ1n) is 18.1. The largest absolute Gasteiger partial charge is 0.456 e. The van der Waals surface area contributed by atoms with E-state index in [1.54, 1.807) is 0 Å². The zero-order valence-electron chi connectivity index (χ0n) is 29.7. The monoisotopic (exact) mass is 699 g/mol. The van der Waals surface area contributed by atoms with E-state index in [1.807, 2.05) is 0 Å². The Kier molecular flexibility index (Phi) is 7.38. The third kappa shape index (κ3) is 4.96. The average Bonchev–Trinajstić information content (AvgIpc) is 3.71. The van der Waals surface area contributed by atoms with Gasteiger partial charge in [-0.1, -0.05) is 146 Å². The molecular formula is C50H37NOS. The lowest BCUT2D eigenvalue weighted by molar-refractivity contribution is 0.669. The zero-order chi connectivity index (χ0) is 35.5. The predicted octanol–water partition coefficient (Wildman–Crippen LogP) is 14.5. The molecule has 2 heterocycles. The van der Waals surface area contributed by atoms with Gasteiger partial charge >= 0.3 is 0 Å². The van der Waals surface area contributed by atoms with Crippen LogP contribution in [-0.4, -0.2) is 12.5 Å². The molecule has 0 atom stereocenters. The highest BCUT2D eigenvalue weighted by atomic mass is 32.3. The highest BCUT2D eigenvalue weighted by Crippen LogP contribution is 2.69. The van der Waals surface area contributed by atoms with Crippen LogP contribution in [0.2, 0.25) is 0 Å². The summed E-state index contributed by atoms with van der Waals surface area (Å²) in [5.74, 6) is 0. The van der Waals surface area contributed by atoms with E-state index in [4.69, 9.17) is 4.42 Å². The zero-order valence-corrected chi connectivity index (χ0v) is 30.5. The average molecular weight is 700 g/mol. The minimum atomic E-state index is -1.25. The van der Waals surface area contributed by atoms with Crippen LogP contribution in [-0.2, 0) is 0 Å². The summed E-state index contributed by atoms with van der Waals surface area (Å²) in [6, 6.07) is 68.1. The first-order chi connectivity index (χ1) is 26.1. The summed E-state index contributed by atoms with van der Waals surface area (Å²) in [5.41, 5.74) is 14.8. The van der Waals surface area contributed by atoms with Crippen molar-refractivity contribution in [3.63, 3.8) is 0 Å². The van der Waals surface area contributed by atoms with Crippen molar-refractivity contribution in [2.24, 2.45) is 0 Å². The van der Waals surface area contributed by atoms with Crippen LogP contribution in [0, 0.1) is 0 Å². The van der Waals surface area contributed by atoms with Gasteiger partial charge in [0.1, 0.15) is 11.2 Å². The molecule has 2 nitrogen and oxygen atoms in total. The molecule has 1 aliphatic heterocycles. The molecule has 8 aromatic carbocycles. The molecule has 0 fully saturated rings. The minimum absolute atomic E-state index is 0.873. The summed E-state index contributed by atoms with van der Waals surface area (Å²) in [5, 5.41) is 2.21. The van der Waals surface area contributed by atoms with Crippen molar-refractivity contribution >= 4 is 49.0 Å². The van der Waals surface area contributed by atoms with Crippen LogP contribution in [0.1, 0.15) is 0 Å². The van der Waals surface area contributed by atoms with Gasteiger partial charge in [-0.05, 0) is 88.4 Å². The van der Waals surface area contributed by atoms with Crippen molar-refractivity contribution in [3.8, 4) is 44.5 Å². The lowest BCUT2D eigenvalue weighted by Crippen LogP contribution is -2.13. The molecule has 0 radical (unpaired) electrons. The molecule has 254 valence electrons. The quantitative estimate of drug-likeness (QED) is 0.172. The lowest BCUT2D eigenvalue weighted by atomic mass is 9.87. The number of para-hydroxylation sites is 1. The summed E-state index contributed by atoms with van der Waals surface area (Å²) in [7, 11) is -1.25. The van der Waals surface area contributed by atoms with Crippen molar-refractivity contribution < 1.29 is 4.42 Å². The van der Waals surface area contributed by atoms with Crippen LogP contribution >= 0.6 is 10.0 Å². The normalized spacial score (nSPS) is 13.5. The minimum Gasteiger partial charge on any atom is -0.456 e. The van der Waals surface area contributed by atoms with E-state index in [9.17, 15) is 0 Å². The molecular weight excluding hydrogens is 663 g/mol. The van der Waals surface area contributed by atoms with Gasteiger partial charge in [-0.2, -0.15) is 10.0 Å². The maximum absolute atomic E-state index is 6.56. The summed E-state index contributed by atoms with van der Waals surface area (Å²) in [6.07, 6.45) is 4.88. The second-order valence-electron chi connectivity index (χ2n) is 14.0. The van der Waals surface area contributed by atoms with Crippen molar-refractivity contribution in [1.82, 2.24) is 0 Å². The fourth-order valence-electron chi connectivity index (χ4n) is 8.41. The first kappa shape index (κ1) is 31.4. The number of hydrogen-bond donors (Lipinski definition) is 0. The second-order valence-corrected chi connectivity index (χ2v) is 17.6. The SMILES string of the molecule is CS1(C)c2ccccc2-c2c(N(c3cccc(-c4ccccc4)c3-c3ccccc3-c3ccccc3)c3cccc4oc5ccccc5c34)cccc21. The van der Waals surface area contributed by atoms with Crippen LogP contribution in [0.5, 0.6) is 0 Å². The van der Waals surface area contributed by atoms with Crippen molar-refractivity contribution in [2.75, 3.05) is 17.4 Å². The standard InChI is InChI=1S/C50H37NOS/c1-53(2)46-32-14-12-25-40(46)50-43(29-17-33-47(50)53)51(42-28-16-31-45-49(42)39-24-11-13-30-44(39)52-45)41-27-15-26-37(35-20-7-4-8-21-35)48(41)38-23-10-9-22-36(38)34-18-5-3-6-19-34/h3-33H,1-2H3. The number of rotatable bonds is 6. The molecule has 0 unspecified atom stereocenters. The number of nitrogens with zero attached hydrogens (tertiary/aromatic N) is 1. The first-order valence-corrected chi connectivity index (χ1v) is 20.5. The lowest BCUT2D eigenvalue weighted by Gasteiger charge is -2.33. The fraction of sp³-hybridized carbons (Fsp3) is 0.0400. The van der Waals surface area contributed by atoms with E-state index in [0.717, 1.165) is 39.0 Å². The third-order valence-electron chi connectivity index (χ3n) is 10.8. The molecule has 0 N–H and O–H groups in total. The van der Waals surface area contributed by atoms with Crippen molar-refractivity contribution in [3.05, 3.63) is 188 Å². The van der Waals surface area contributed by atoms with Gasteiger partial charge in [0, 0.05) is 26.3 Å². The van der Waals surface area contributed by atoms with Crippen LogP contribution in [0.3, 0.4) is 0 Å². The Morgan fingerprint density at radius 2 is 0.887 bits per heavy atom. The Balaban J connectivity index is 1.37. The molecule has 1 aliphatic rings. The van der Waals surface area contributed by atoms with Gasteiger partial charge in [0.2, 0.25) is 0 Å². The number of benzene rings is 8. The number of furan rings is 1. The Morgan fingerprint density at radius 3 is 1.66 bits per heavy atom. The summed E-state index contributed by atoms with van der Waals surface area (Å²) in [4.78, 5) is 5.38.